The number of thiophene rings is 1. The van der Waals surface area contributed by atoms with E-state index in [1.165, 1.54) is 4.88 Å². The van der Waals surface area contributed by atoms with Crippen molar-refractivity contribution in [2.24, 2.45) is 10.9 Å². The number of morpholine rings is 2. The minimum Gasteiger partial charge on any atom is -0.379 e. The number of hydrogen-bond acceptors (Lipinski definition) is 6. The zero-order valence-corrected chi connectivity index (χ0v) is 20.8. The Kier molecular flexibility index (Phi) is 11.8. The normalized spacial score (nSPS) is 21.2. The predicted octanol–water partition coefficient (Wildman–Crippen LogP) is 1.87. The van der Waals surface area contributed by atoms with Crippen LogP contribution in [0.4, 0.5) is 0 Å². The molecular formula is C20H36IN5O2S. The maximum atomic E-state index is 5.53. The summed E-state index contributed by atoms with van der Waals surface area (Å²) >= 11 is 1.82. The number of ether oxygens (including phenoxy) is 2. The molecule has 0 bridgehead atoms. The highest BCUT2D eigenvalue weighted by Crippen LogP contribution is 2.25. The maximum absolute atomic E-state index is 5.53. The van der Waals surface area contributed by atoms with Crippen LogP contribution in [-0.4, -0.2) is 95.0 Å². The summed E-state index contributed by atoms with van der Waals surface area (Å²) in [6.07, 6.45) is 0. The van der Waals surface area contributed by atoms with Gasteiger partial charge in [-0.1, -0.05) is 13.0 Å². The van der Waals surface area contributed by atoms with Gasteiger partial charge in [-0.3, -0.25) is 14.8 Å². The van der Waals surface area contributed by atoms with Gasteiger partial charge in [-0.2, -0.15) is 0 Å². The molecule has 2 saturated heterocycles. The van der Waals surface area contributed by atoms with E-state index in [1.54, 1.807) is 0 Å². The molecule has 3 heterocycles. The Labute approximate surface area is 196 Å². The lowest BCUT2D eigenvalue weighted by Gasteiger charge is -2.34. The molecular weight excluding hydrogens is 501 g/mol. The largest absolute Gasteiger partial charge is 0.379 e. The van der Waals surface area contributed by atoms with Crippen LogP contribution in [0.25, 0.3) is 0 Å². The van der Waals surface area contributed by atoms with Gasteiger partial charge in [0.15, 0.2) is 5.96 Å². The minimum atomic E-state index is 0. The second-order valence-electron chi connectivity index (χ2n) is 7.53. The molecule has 2 aliphatic heterocycles. The first kappa shape index (κ1) is 24.8. The van der Waals surface area contributed by atoms with E-state index >= 15 is 0 Å². The van der Waals surface area contributed by atoms with Gasteiger partial charge in [-0.25, -0.2) is 0 Å². The molecule has 0 spiro atoms. The van der Waals surface area contributed by atoms with Crippen LogP contribution >= 0.6 is 35.3 Å². The van der Waals surface area contributed by atoms with Gasteiger partial charge in [0, 0.05) is 57.7 Å². The van der Waals surface area contributed by atoms with Crippen LogP contribution in [0.2, 0.25) is 0 Å². The van der Waals surface area contributed by atoms with Crippen LogP contribution in [0.1, 0.15) is 17.8 Å². The molecule has 2 N–H and O–H groups in total. The van der Waals surface area contributed by atoms with Crippen molar-refractivity contribution in [3.8, 4) is 0 Å². The molecule has 0 radical (unpaired) electrons. The van der Waals surface area contributed by atoms with Crippen molar-refractivity contribution >= 4 is 41.3 Å². The summed E-state index contributed by atoms with van der Waals surface area (Å²) in [7, 11) is 1.84. The highest BCUT2D eigenvalue weighted by atomic mass is 127. The topological polar surface area (TPSA) is 61.4 Å². The summed E-state index contributed by atoms with van der Waals surface area (Å²) in [5.74, 6) is 1.44. The molecule has 2 atom stereocenters. The first-order chi connectivity index (χ1) is 13.8. The Hall–Kier alpha value is -0.460. The number of guanidine groups is 1. The van der Waals surface area contributed by atoms with Gasteiger partial charge >= 0.3 is 0 Å². The molecule has 2 aliphatic rings. The van der Waals surface area contributed by atoms with E-state index in [4.69, 9.17) is 9.47 Å². The van der Waals surface area contributed by atoms with Gasteiger partial charge in [0.25, 0.3) is 0 Å². The fourth-order valence-corrected chi connectivity index (χ4v) is 4.61. The molecule has 7 nitrogen and oxygen atoms in total. The average Bonchev–Trinajstić information content (AvgIpc) is 3.26. The minimum absolute atomic E-state index is 0. The lowest BCUT2D eigenvalue weighted by atomic mass is 10.1. The molecule has 1 aromatic heterocycles. The van der Waals surface area contributed by atoms with Gasteiger partial charge in [-0.05, 0) is 17.4 Å². The molecule has 0 saturated carbocycles. The summed E-state index contributed by atoms with van der Waals surface area (Å²) in [6, 6.07) is 4.72. The summed E-state index contributed by atoms with van der Waals surface area (Å²) in [5.41, 5.74) is 0. The van der Waals surface area contributed by atoms with E-state index in [0.29, 0.717) is 12.0 Å². The summed E-state index contributed by atoms with van der Waals surface area (Å²) in [5, 5.41) is 9.20. The quantitative estimate of drug-likeness (QED) is 0.300. The lowest BCUT2D eigenvalue weighted by Crippen LogP contribution is -2.47. The van der Waals surface area contributed by atoms with Crippen molar-refractivity contribution in [1.82, 2.24) is 20.4 Å². The van der Waals surface area contributed by atoms with E-state index in [2.05, 4.69) is 49.9 Å². The van der Waals surface area contributed by atoms with Gasteiger partial charge in [0.2, 0.25) is 0 Å². The van der Waals surface area contributed by atoms with Crippen molar-refractivity contribution in [2.45, 2.75) is 13.0 Å². The van der Waals surface area contributed by atoms with E-state index in [1.807, 2.05) is 18.4 Å². The second kappa shape index (κ2) is 13.8. The summed E-state index contributed by atoms with van der Waals surface area (Å²) in [4.78, 5) is 10.8. The van der Waals surface area contributed by atoms with Crippen LogP contribution in [0, 0.1) is 5.92 Å². The van der Waals surface area contributed by atoms with Gasteiger partial charge in [0.05, 0.1) is 32.5 Å². The molecule has 3 rings (SSSR count). The van der Waals surface area contributed by atoms with E-state index in [0.717, 1.165) is 78.2 Å². The van der Waals surface area contributed by atoms with Crippen molar-refractivity contribution in [3.05, 3.63) is 22.4 Å². The van der Waals surface area contributed by atoms with E-state index < -0.39 is 0 Å². The molecule has 0 aliphatic carbocycles. The molecule has 1 aromatic rings. The smallest absolute Gasteiger partial charge is 0.191 e. The first-order valence-electron chi connectivity index (χ1n) is 10.4. The van der Waals surface area contributed by atoms with Crippen molar-refractivity contribution in [3.63, 3.8) is 0 Å². The van der Waals surface area contributed by atoms with Crippen molar-refractivity contribution in [2.75, 3.05) is 79.3 Å². The van der Waals surface area contributed by atoms with E-state index in [-0.39, 0.29) is 24.0 Å². The Morgan fingerprint density at radius 1 is 1.10 bits per heavy atom. The van der Waals surface area contributed by atoms with Crippen LogP contribution in [0.5, 0.6) is 0 Å². The SMILES string of the molecule is CN=C(NCC(C)CN1CCOCC1)NCC(c1cccs1)N1CCOCC1.I. The molecule has 166 valence electrons. The number of aliphatic imine (C=N–C) groups is 1. The summed E-state index contributed by atoms with van der Waals surface area (Å²) in [6.45, 7) is 12.5. The number of rotatable bonds is 8. The zero-order chi connectivity index (χ0) is 19.6. The maximum Gasteiger partial charge on any atom is 0.191 e. The summed E-state index contributed by atoms with van der Waals surface area (Å²) < 4.78 is 11.0. The van der Waals surface area contributed by atoms with Crippen LogP contribution in [0.15, 0.2) is 22.5 Å². The van der Waals surface area contributed by atoms with E-state index in [9.17, 15) is 0 Å². The number of halogens is 1. The number of nitrogens with one attached hydrogen (secondary N) is 2. The monoisotopic (exact) mass is 537 g/mol. The first-order valence-corrected chi connectivity index (χ1v) is 11.2. The molecule has 2 fully saturated rings. The number of nitrogens with zero attached hydrogens (tertiary/aromatic N) is 3. The number of hydrogen-bond donors (Lipinski definition) is 2. The zero-order valence-electron chi connectivity index (χ0n) is 17.6. The second-order valence-corrected chi connectivity index (χ2v) is 8.51. The molecule has 9 heteroatoms. The van der Waals surface area contributed by atoms with Gasteiger partial charge in [0.1, 0.15) is 0 Å². The van der Waals surface area contributed by atoms with Crippen LogP contribution in [-0.2, 0) is 9.47 Å². The van der Waals surface area contributed by atoms with Gasteiger partial charge in [-0.15, -0.1) is 35.3 Å². The fraction of sp³-hybridized carbons (Fsp3) is 0.750. The average molecular weight is 538 g/mol. The van der Waals surface area contributed by atoms with Gasteiger partial charge < -0.3 is 20.1 Å². The Morgan fingerprint density at radius 2 is 1.76 bits per heavy atom. The third kappa shape index (κ3) is 8.29. The molecule has 0 aromatic carbocycles. The third-order valence-electron chi connectivity index (χ3n) is 5.34. The third-order valence-corrected chi connectivity index (χ3v) is 6.31. The standard InChI is InChI=1S/C20H35N5O2S.HI/c1-17(16-24-5-9-26-10-6-24)14-22-20(21-2)23-15-18(19-4-3-13-28-19)25-7-11-27-12-8-25;/h3-4,13,17-18H,5-12,14-16H2,1-2H3,(H2,21,22,23);1H. The predicted molar refractivity (Wildman–Crippen MR) is 131 cm³/mol. The molecule has 0 amide bonds. The van der Waals surface area contributed by atoms with Crippen LogP contribution in [0.3, 0.4) is 0 Å². The molecule has 2 unspecified atom stereocenters. The fourth-order valence-electron chi connectivity index (χ4n) is 3.75. The highest BCUT2D eigenvalue weighted by Gasteiger charge is 2.23. The highest BCUT2D eigenvalue weighted by molar-refractivity contribution is 14.0. The lowest BCUT2D eigenvalue weighted by molar-refractivity contribution is 0.0177. The Bertz CT molecular complexity index is 577. The van der Waals surface area contributed by atoms with Crippen LogP contribution < -0.4 is 10.6 Å². The van der Waals surface area contributed by atoms with Crippen molar-refractivity contribution < 1.29 is 9.47 Å². The Balaban J connectivity index is 0.00000300. The Morgan fingerprint density at radius 3 is 2.38 bits per heavy atom. The van der Waals surface area contributed by atoms with Crippen molar-refractivity contribution in [1.29, 1.82) is 0 Å². The molecule has 29 heavy (non-hydrogen) atoms.